The van der Waals surface area contributed by atoms with Crippen LogP contribution in [0.2, 0.25) is 0 Å². The molecule has 1 aromatic heterocycles. The highest BCUT2D eigenvalue weighted by atomic mass is 16.6. The molecule has 2 aromatic rings. The molecule has 0 fully saturated rings. The zero-order chi connectivity index (χ0) is 16.9. The van der Waals surface area contributed by atoms with Crippen molar-refractivity contribution in [1.82, 2.24) is 15.5 Å². The highest BCUT2D eigenvalue weighted by Gasteiger charge is 2.15. The van der Waals surface area contributed by atoms with Crippen LogP contribution in [0.25, 0.3) is 11.3 Å². The molecule has 3 N–H and O–H groups in total. The van der Waals surface area contributed by atoms with Crippen LogP contribution < -0.4 is 14.8 Å². The molecular formula is C18H25N3O3. The van der Waals surface area contributed by atoms with Crippen LogP contribution >= 0.6 is 0 Å². The van der Waals surface area contributed by atoms with Crippen molar-refractivity contribution in [2.45, 2.75) is 32.9 Å². The van der Waals surface area contributed by atoms with Crippen LogP contribution in [0.4, 0.5) is 0 Å². The van der Waals surface area contributed by atoms with E-state index >= 15 is 0 Å². The van der Waals surface area contributed by atoms with Gasteiger partial charge in [-0.15, -0.1) is 0 Å². The average Bonchev–Trinajstić information content (AvgIpc) is 3.06. The molecule has 6 nitrogen and oxygen atoms in total. The fourth-order valence-corrected chi connectivity index (χ4v) is 2.70. The Kier molecular flexibility index (Phi) is 5.37. The standard InChI is InChI=1S/C18H25N3O3/c1-12(2)15(22)5-6-19-10-14-11-20-21-18(14)13-3-4-16-17(9-13)24-8-7-23-16/h3-4,9,11-12,15,19,22H,5-8,10H2,1-2H3,(H,20,21). The molecule has 0 radical (unpaired) electrons. The second-order valence-corrected chi connectivity index (χ2v) is 6.41. The number of hydrogen-bond donors (Lipinski definition) is 3. The number of hydrogen-bond acceptors (Lipinski definition) is 5. The number of aliphatic hydroxyl groups is 1. The molecule has 1 aromatic carbocycles. The van der Waals surface area contributed by atoms with Crippen LogP contribution in [0.3, 0.4) is 0 Å². The van der Waals surface area contributed by atoms with Gasteiger partial charge in [0.1, 0.15) is 13.2 Å². The number of ether oxygens (including phenoxy) is 2. The summed E-state index contributed by atoms with van der Waals surface area (Å²) < 4.78 is 11.2. The van der Waals surface area contributed by atoms with Gasteiger partial charge in [-0.2, -0.15) is 5.10 Å². The topological polar surface area (TPSA) is 79.4 Å². The minimum absolute atomic E-state index is 0.265. The number of fused-ring (bicyclic) bond motifs is 1. The lowest BCUT2D eigenvalue weighted by Crippen LogP contribution is -2.23. The van der Waals surface area contributed by atoms with Crippen molar-refractivity contribution in [2.75, 3.05) is 19.8 Å². The molecule has 1 unspecified atom stereocenters. The highest BCUT2D eigenvalue weighted by Crippen LogP contribution is 2.34. The maximum absolute atomic E-state index is 9.84. The molecule has 130 valence electrons. The zero-order valence-electron chi connectivity index (χ0n) is 14.2. The van der Waals surface area contributed by atoms with Crippen molar-refractivity contribution in [1.29, 1.82) is 0 Å². The van der Waals surface area contributed by atoms with Gasteiger partial charge < -0.3 is 19.9 Å². The number of H-pyrrole nitrogens is 1. The summed E-state index contributed by atoms with van der Waals surface area (Å²) in [7, 11) is 0. The molecule has 0 saturated heterocycles. The minimum Gasteiger partial charge on any atom is -0.486 e. The molecular weight excluding hydrogens is 306 g/mol. The van der Waals surface area contributed by atoms with Gasteiger partial charge in [0.05, 0.1) is 18.0 Å². The smallest absolute Gasteiger partial charge is 0.162 e. The van der Waals surface area contributed by atoms with Crippen LogP contribution in [0.15, 0.2) is 24.4 Å². The van der Waals surface area contributed by atoms with E-state index < -0.39 is 0 Å². The third-order valence-corrected chi connectivity index (χ3v) is 4.25. The first kappa shape index (κ1) is 16.8. The third-order valence-electron chi connectivity index (χ3n) is 4.25. The number of benzene rings is 1. The van der Waals surface area contributed by atoms with E-state index in [9.17, 15) is 5.11 Å². The largest absolute Gasteiger partial charge is 0.486 e. The first-order chi connectivity index (χ1) is 11.6. The summed E-state index contributed by atoms with van der Waals surface area (Å²) in [6, 6.07) is 5.92. The lowest BCUT2D eigenvalue weighted by molar-refractivity contribution is 0.116. The lowest BCUT2D eigenvalue weighted by atomic mass is 10.0. The fourth-order valence-electron chi connectivity index (χ4n) is 2.70. The quantitative estimate of drug-likeness (QED) is 0.679. The van der Waals surface area contributed by atoms with Gasteiger partial charge in [0, 0.05) is 17.7 Å². The van der Waals surface area contributed by atoms with Crippen molar-refractivity contribution in [2.24, 2.45) is 5.92 Å². The average molecular weight is 331 g/mol. The number of aliphatic hydroxyl groups excluding tert-OH is 1. The summed E-state index contributed by atoms with van der Waals surface area (Å²) in [4.78, 5) is 0. The van der Waals surface area contributed by atoms with E-state index in [4.69, 9.17) is 9.47 Å². The number of aromatic nitrogens is 2. The molecule has 0 bridgehead atoms. The second-order valence-electron chi connectivity index (χ2n) is 6.41. The van der Waals surface area contributed by atoms with Crippen molar-refractivity contribution >= 4 is 0 Å². The first-order valence-electron chi connectivity index (χ1n) is 8.46. The van der Waals surface area contributed by atoms with Gasteiger partial charge in [-0.3, -0.25) is 5.10 Å². The number of aromatic amines is 1. The summed E-state index contributed by atoms with van der Waals surface area (Å²) in [5, 5.41) is 20.4. The van der Waals surface area contributed by atoms with Crippen molar-refractivity contribution in [3.63, 3.8) is 0 Å². The Labute approximate surface area is 142 Å². The summed E-state index contributed by atoms with van der Waals surface area (Å²) in [5.41, 5.74) is 3.09. The second kappa shape index (κ2) is 7.68. The van der Waals surface area contributed by atoms with Gasteiger partial charge in [-0.1, -0.05) is 13.8 Å². The Morgan fingerprint density at radius 3 is 2.83 bits per heavy atom. The van der Waals surface area contributed by atoms with Gasteiger partial charge in [0.25, 0.3) is 0 Å². The molecule has 24 heavy (non-hydrogen) atoms. The Morgan fingerprint density at radius 1 is 1.25 bits per heavy atom. The van der Waals surface area contributed by atoms with Crippen molar-refractivity contribution in [3.8, 4) is 22.8 Å². The summed E-state index contributed by atoms with van der Waals surface area (Å²) in [6.07, 6.45) is 2.31. The van der Waals surface area contributed by atoms with Crippen molar-refractivity contribution in [3.05, 3.63) is 30.0 Å². The molecule has 1 aliphatic heterocycles. The fraction of sp³-hybridized carbons (Fsp3) is 0.500. The molecule has 1 aliphatic rings. The van der Waals surface area contributed by atoms with Crippen molar-refractivity contribution < 1.29 is 14.6 Å². The SMILES string of the molecule is CC(C)C(O)CCNCc1cn[nH]c1-c1ccc2c(c1)OCCO2. The number of rotatable bonds is 7. The van der Waals surface area contributed by atoms with Crippen LogP contribution in [0.5, 0.6) is 11.5 Å². The van der Waals surface area contributed by atoms with E-state index in [0.717, 1.165) is 41.3 Å². The molecule has 1 atom stereocenters. The predicted molar refractivity (Wildman–Crippen MR) is 92.2 cm³/mol. The molecule has 0 saturated carbocycles. The van der Waals surface area contributed by atoms with E-state index in [1.807, 2.05) is 38.2 Å². The number of nitrogens with one attached hydrogen (secondary N) is 2. The number of nitrogens with zero attached hydrogens (tertiary/aromatic N) is 1. The summed E-state index contributed by atoms with van der Waals surface area (Å²) >= 11 is 0. The Balaban J connectivity index is 1.63. The molecule has 6 heteroatoms. The van der Waals surface area contributed by atoms with E-state index in [1.54, 1.807) is 0 Å². The maximum Gasteiger partial charge on any atom is 0.162 e. The Bertz CT molecular complexity index is 669. The van der Waals surface area contributed by atoms with E-state index in [-0.39, 0.29) is 12.0 Å². The Hall–Kier alpha value is -2.05. The van der Waals surface area contributed by atoms with Gasteiger partial charge >= 0.3 is 0 Å². The van der Waals surface area contributed by atoms with Gasteiger partial charge in [0.2, 0.25) is 0 Å². The lowest BCUT2D eigenvalue weighted by Gasteiger charge is -2.19. The molecule has 0 aliphatic carbocycles. The third kappa shape index (κ3) is 3.88. The first-order valence-corrected chi connectivity index (χ1v) is 8.46. The molecule has 0 amide bonds. The van der Waals surface area contributed by atoms with E-state index in [0.29, 0.717) is 19.8 Å². The summed E-state index contributed by atoms with van der Waals surface area (Å²) in [6.45, 7) is 6.69. The van der Waals surface area contributed by atoms with Crippen LogP contribution in [-0.2, 0) is 6.54 Å². The highest BCUT2D eigenvalue weighted by molar-refractivity contribution is 5.66. The van der Waals surface area contributed by atoms with Gasteiger partial charge in [0.15, 0.2) is 11.5 Å². The summed E-state index contributed by atoms with van der Waals surface area (Å²) in [5.74, 6) is 1.84. The van der Waals surface area contributed by atoms with Crippen LogP contribution in [-0.4, -0.2) is 41.2 Å². The molecule has 3 rings (SSSR count). The monoisotopic (exact) mass is 331 g/mol. The molecule has 2 heterocycles. The molecule has 0 spiro atoms. The van der Waals surface area contributed by atoms with Crippen LogP contribution in [0.1, 0.15) is 25.8 Å². The van der Waals surface area contributed by atoms with Gasteiger partial charge in [-0.05, 0) is 37.1 Å². The minimum atomic E-state index is -0.265. The van der Waals surface area contributed by atoms with Crippen LogP contribution in [0, 0.1) is 5.92 Å². The Morgan fingerprint density at radius 2 is 2.04 bits per heavy atom. The normalized spacial score (nSPS) is 14.8. The predicted octanol–water partition coefficient (Wildman–Crippen LogP) is 2.34. The zero-order valence-corrected chi connectivity index (χ0v) is 14.2. The van der Waals surface area contributed by atoms with E-state index in [2.05, 4.69) is 15.5 Å². The maximum atomic E-state index is 9.84. The van der Waals surface area contributed by atoms with E-state index in [1.165, 1.54) is 0 Å². The van der Waals surface area contributed by atoms with Gasteiger partial charge in [-0.25, -0.2) is 0 Å².